The molecule has 0 amide bonds. The summed E-state index contributed by atoms with van der Waals surface area (Å²) in [6.07, 6.45) is 0. The lowest BCUT2D eigenvalue weighted by molar-refractivity contribution is -0.00000527. The minimum Gasteiger partial charge on any atom is -1.00 e. The molecule has 0 aliphatic carbocycles. The molecule has 0 saturated heterocycles. The quantitative estimate of drug-likeness (QED) is 0.468. The van der Waals surface area contributed by atoms with E-state index >= 15 is 0 Å². The topological polar surface area (TPSA) is 9.23 Å². The second-order valence-corrected chi connectivity index (χ2v) is 8.37. The Hall–Kier alpha value is -2.20. The molecule has 0 aliphatic rings. The van der Waals surface area contributed by atoms with Crippen LogP contribution in [0, 0.1) is 0 Å². The van der Waals surface area contributed by atoms with Crippen LogP contribution in [0.5, 0.6) is 10.8 Å². The zero-order chi connectivity index (χ0) is 16.9. The first-order valence-corrected chi connectivity index (χ1v) is 10.2. The molecule has 1 heterocycles. The molecule has 0 saturated carbocycles. The van der Waals surface area contributed by atoms with E-state index in [4.69, 9.17) is 4.74 Å². The zero-order valence-electron chi connectivity index (χ0n) is 13.9. The predicted molar refractivity (Wildman–Crippen MR) is 106 cm³/mol. The van der Waals surface area contributed by atoms with E-state index in [2.05, 4.69) is 84.9 Å². The largest absolute Gasteiger partial charge is 1.00 e. The molecule has 0 atom stereocenters. The Labute approximate surface area is 167 Å². The third kappa shape index (κ3) is 4.31. The summed E-state index contributed by atoms with van der Waals surface area (Å²) in [5, 5.41) is 2.93. The van der Waals surface area contributed by atoms with E-state index in [0.717, 1.165) is 10.8 Å². The monoisotopic (exact) mass is 396 g/mol. The number of ether oxygens (including phenoxy) is 1. The number of hydrogen-bond donors (Lipinski definition) is 0. The van der Waals surface area contributed by atoms with Crippen LogP contribution in [-0.2, 0) is 10.9 Å². The third-order valence-corrected chi connectivity index (χ3v) is 6.71. The van der Waals surface area contributed by atoms with Gasteiger partial charge < -0.3 is 17.1 Å². The van der Waals surface area contributed by atoms with Crippen LogP contribution in [-0.4, -0.2) is 0 Å². The fourth-order valence-electron chi connectivity index (χ4n) is 2.60. The van der Waals surface area contributed by atoms with Gasteiger partial charge in [-0.25, -0.2) is 0 Å². The Morgan fingerprint density at radius 2 is 1.12 bits per heavy atom. The van der Waals surface area contributed by atoms with Crippen molar-refractivity contribution in [1.82, 2.24) is 0 Å². The van der Waals surface area contributed by atoms with E-state index in [1.165, 1.54) is 14.7 Å². The lowest BCUT2D eigenvalue weighted by Crippen LogP contribution is -3.00. The van der Waals surface area contributed by atoms with Gasteiger partial charge in [0.05, 0.1) is 10.9 Å². The van der Waals surface area contributed by atoms with Crippen molar-refractivity contribution >= 4 is 22.2 Å². The molecule has 4 rings (SSSR count). The highest BCUT2D eigenvalue weighted by Gasteiger charge is 2.28. The van der Waals surface area contributed by atoms with E-state index in [1.54, 1.807) is 11.3 Å². The molecule has 3 aromatic carbocycles. The molecule has 0 N–H and O–H groups in total. The van der Waals surface area contributed by atoms with Gasteiger partial charge in [0.2, 0.25) is 0 Å². The van der Waals surface area contributed by atoms with Crippen LogP contribution in [0.15, 0.2) is 117 Å². The van der Waals surface area contributed by atoms with Crippen molar-refractivity contribution < 1.29 is 17.1 Å². The predicted octanol–water partition coefficient (Wildman–Crippen LogP) is 3.64. The van der Waals surface area contributed by atoms with E-state index in [9.17, 15) is 0 Å². The van der Waals surface area contributed by atoms with Crippen molar-refractivity contribution in [3.05, 3.63) is 102 Å². The van der Waals surface area contributed by atoms with Crippen LogP contribution < -0.4 is 17.1 Å². The van der Waals surface area contributed by atoms with Gasteiger partial charge in [-0.15, -0.1) is 11.3 Å². The van der Waals surface area contributed by atoms with Crippen molar-refractivity contribution in [3.8, 4) is 10.8 Å². The van der Waals surface area contributed by atoms with Crippen molar-refractivity contribution in [3.63, 3.8) is 0 Å². The average Bonchev–Trinajstić information content (AvgIpc) is 3.18. The van der Waals surface area contributed by atoms with Crippen molar-refractivity contribution in [2.45, 2.75) is 14.7 Å². The lowest BCUT2D eigenvalue weighted by Gasteiger charge is -2.09. The van der Waals surface area contributed by atoms with Gasteiger partial charge in [0, 0.05) is 0 Å². The Morgan fingerprint density at radius 1 is 0.577 bits per heavy atom. The molecule has 0 aliphatic heterocycles. The first-order valence-electron chi connectivity index (χ1n) is 8.06. The molecule has 0 spiro atoms. The van der Waals surface area contributed by atoms with Crippen molar-refractivity contribution in [1.29, 1.82) is 0 Å². The Morgan fingerprint density at radius 3 is 1.62 bits per heavy atom. The van der Waals surface area contributed by atoms with Crippen LogP contribution in [0.2, 0.25) is 0 Å². The van der Waals surface area contributed by atoms with E-state index in [-0.39, 0.29) is 23.3 Å². The van der Waals surface area contributed by atoms with Crippen LogP contribution in [0.4, 0.5) is 0 Å². The highest BCUT2D eigenvalue weighted by atomic mass is 35.5. The first-order chi connectivity index (χ1) is 12.4. The summed E-state index contributed by atoms with van der Waals surface area (Å²) in [6, 6.07) is 33.8. The van der Waals surface area contributed by atoms with E-state index in [1.807, 2.05) is 17.5 Å². The zero-order valence-corrected chi connectivity index (χ0v) is 16.3. The number of rotatable bonds is 5. The van der Waals surface area contributed by atoms with Crippen LogP contribution >= 0.6 is 11.3 Å². The smallest absolute Gasteiger partial charge is 0.180 e. The summed E-state index contributed by atoms with van der Waals surface area (Å²) in [6.45, 7) is 0. The number of thiophene rings is 1. The average molecular weight is 397 g/mol. The van der Waals surface area contributed by atoms with Crippen LogP contribution in [0.25, 0.3) is 0 Å². The number of benzene rings is 3. The first kappa shape index (κ1) is 18.6. The minimum absolute atomic E-state index is 0. The van der Waals surface area contributed by atoms with Gasteiger partial charge in [0.25, 0.3) is 0 Å². The highest BCUT2D eigenvalue weighted by molar-refractivity contribution is 7.97. The summed E-state index contributed by atoms with van der Waals surface area (Å²) in [4.78, 5) is 3.93. The maximum atomic E-state index is 5.89. The maximum absolute atomic E-state index is 5.89. The molecule has 1 aromatic heterocycles. The van der Waals surface area contributed by atoms with Gasteiger partial charge in [-0.05, 0) is 66.0 Å². The van der Waals surface area contributed by atoms with E-state index in [0.29, 0.717) is 0 Å². The summed E-state index contributed by atoms with van der Waals surface area (Å²) >= 11 is 1.60. The SMILES string of the molecule is [Cl-].c1ccc([S+](c2ccccc2)c2ccc(Oc3cccs3)cc2)cc1. The molecule has 4 heteroatoms. The highest BCUT2D eigenvalue weighted by Crippen LogP contribution is 2.33. The van der Waals surface area contributed by atoms with Gasteiger partial charge in [0.1, 0.15) is 5.75 Å². The summed E-state index contributed by atoms with van der Waals surface area (Å²) in [7, 11) is -0.115. The van der Waals surface area contributed by atoms with Gasteiger partial charge in [0.15, 0.2) is 19.7 Å². The summed E-state index contributed by atoms with van der Waals surface area (Å²) in [5.41, 5.74) is 0. The van der Waals surface area contributed by atoms with E-state index < -0.39 is 0 Å². The summed E-state index contributed by atoms with van der Waals surface area (Å²) in [5.74, 6) is 0.871. The Kier molecular flexibility index (Phi) is 6.40. The second kappa shape index (κ2) is 8.95. The molecule has 0 unspecified atom stereocenters. The van der Waals surface area contributed by atoms with Crippen molar-refractivity contribution in [2.75, 3.05) is 0 Å². The molecule has 4 aromatic rings. The van der Waals surface area contributed by atoms with Crippen molar-refractivity contribution in [2.24, 2.45) is 0 Å². The fourth-order valence-corrected chi connectivity index (χ4v) is 5.28. The molecule has 1 nitrogen and oxygen atoms in total. The molecular weight excluding hydrogens is 380 g/mol. The standard InChI is InChI=1S/C22H17OS2.ClH/c1-3-8-19(9-4-1)25(20-10-5-2-6-11-20)21-15-13-18(14-16-21)23-22-12-7-17-24-22;/h1-17H;1H/q+1;/p-1. The third-order valence-electron chi connectivity index (χ3n) is 3.73. The lowest BCUT2D eigenvalue weighted by atomic mass is 10.3. The second-order valence-electron chi connectivity index (χ2n) is 5.44. The number of halogens is 1. The Balaban J connectivity index is 0.00000196. The van der Waals surface area contributed by atoms with Crippen LogP contribution in [0.1, 0.15) is 0 Å². The van der Waals surface area contributed by atoms with Crippen LogP contribution in [0.3, 0.4) is 0 Å². The van der Waals surface area contributed by atoms with Gasteiger partial charge >= 0.3 is 0 Å². The van der Waals surface area contributed by atoms with Gasteiger partial charge in [-0.2, -0.15) is 0 Å². The molecule has 0 radical (unpaired) electrons. The molecule has 130 valence electrons. The van der Waals surface area contributed by atoms with Gasteiger partial charge in [-0.1, -0.05) is 36.4 Å². The fraction of sp³-hybridized carbons (Fsp3) is 0. The summed E-state index contributed by atoms with van der Waals surface area (Å²) < 4.78 is 5.89. The minimum atomic E-state index is -0.115. The normalized spacial score (nSPS) is 10.3. The molecule has 26 heavy (non-hydrogen) atoms. The maximum Gasteiger partial charge on any atom is 0.180 e. The molecule has 0 bridgehead atoms. The van der Waals surface area contributed by atoms with Gasteiger partial charge in [-0.3, -0.25) is 0 Å². The molecular formula is C22H17ClOS2. The molecule has 0 fully saturated rings. The Bertz CT molecular complexity index is 868. The number of hydrogen-bond acceptors (Lipinski definition) is 2.